The lowest BCUT2D eigenvalue weighted by atomic mass is 10.1. The van der Waals surface area contributed by atoms with Crippen molar-refractivity contribution in [3.63, 3.8) is 0 Å². The highest BCUT2D eigenvalue weighted by molar-refractivity contribution is 6.39. The molecule has 4 aromatic rings. The number of fused-ring (bicyclic) bond motifs is 2. The molecule has 6 rings (SSSR count). The molecule has 0 aliphatic carbocycles. The van der Waals surface area contributed by atoms with Crippen LogP contribution in [0.3, 0.4) is 0 Å². The minimum atomic E-state index is -1.11. The first kappa shape index (κ1) is 30.4. The van der Waals surface area contributed by atoms with Crippen LogP contribution in [-0.2, 0) is 35.6 Å². The smallest absolute Gasteiger partial charge is 0.313 e. The molecule has 10 heteroatoms. The highest BCUT2D eigenvalue weighted by Gasteiger charge is 2.31. The summed E-state index contributed by atoms with van der Waals surface area (Å²) in [6.45, 7) is 3.13. The number of anilines is 2. The Morgan fingerprint density at radius 3 is 2.35 bits per heavy atom. The lowest BCUT2D eigenvalue weighted by Crippen LogP contribution is -2.29. The van der Waals surface area contributed by atoms with E-state index in [1.54, 1.807) is 35.1 Å². The minimum absolute atomic E-state index is 0.0710. The van der Waals surface area contributed by atoms with Crippen molar-refractivity contribution >= 4 is 35.0 Å². The van der Waals surface area contributed by atoms with E-state index in [1.165, 1.54) is 5.56 Å². The zero-order valence-electron chi connectivity index (χ0n) is 25.6. The maximum Gasteiger partial charge on any atom is 0.313 e. The molecule has 0 saturated heterocycles. The van der Waals surface area contributed by atoms with E-state index in [4.69, 9.17) is 15.2 Å². The van der Waals surface area contributed by atoms with Crippen LogP contribution in [0.4, 0.5) is 11.4 Å². The van der Waals surface area contributed by atoms with E-state index >= 15 is 0 Å². The number of rotatable bonds is 10. The van der Waals surface area contributed by atoms with Crippen LogP contribution in [0.5, 0.6) is 11.5 Å². The summed E-state index contributed by atoms with van der Waals surface area (Å²) >= 11 is 0. The van der Waals surface area contributed by atoms with E-state index in [-0.39, 0.29) is 17.9 Å². The van der Waals surface area contributed by atoms with Crippen LogP contribution in [0, 0.1) is 0 Å². The van der Waals surface area contributed by atoms with Gasteiger partial charge in [0, 0.05) is 41.7 Å². The van der Waals surface area contributed by atoms with Gasteiger partial charge in [0.1, 0.15) is 0 Å². The van der Waals surface area contributed by atoms with Gasteiger partial charge in [0.05, 0.1) is 19.8 Å². The van der Waals surface area contributed by atoms with Crippen molar-refractivity contribution in [1.82, 2.24) is 4.90 Å². The predicted octanol–water partition coefficient (Wildman–Crippen LogP) is 4.84. The second kappa shape index (κ2) is 12.8. The molecule has 4 amide bonds. The fraction of sp³-hybridized carbons (Fsp3) is 0.222. The Bertz CT molecular complexity index is 1840. The third-order valence-electron chi connectivity index (χ3n) is 8.29. The van der Waals surface area contributed by atoms with Gasteiger partial charge in [0.15, 0.2) is 11.5 Å². The molecule has 2 heterocycles. The van der Waals surface area contributed by atoms with Gasteiger partial charge in [-0.05, 0) is 72.4 Å². The fourth-order valence-electron chi connectivity index (χ4n) is 5.85. The zero-order valence-corrected chi connectivity index (χ0v) is 25.6. The third-order valence-corrected chi connectivity index (χ3v) is 8.29. The summed E-state index contributed by atoms with van der Waals surface area (Å²) in [6.07, 6.45) is 1.64. The molecule has 3 N–H and O–H groups in total. The van der Waals surface area contributed by atoms with Gasteiger partial charge in [-0.3, -0.25) is 19.2 Å². The van der Waals surface area contributed by atoms with Crippen molar-refractivity contribution in [1.29, 1.82) is 0 Å². The summed E-state index contributed by atoms with van der Waals surface area (Å²) in [6, 6.07) is 26.4. The lowest BCUT2D eigenvalue weighted by Gasteiger charge is -2.21. The molecule has 0 fully saturated rings. The summed E-state index contributed by atoms with van der Waals surface area (Å²) in [5.41, 5.74) is 10.8. The molecule has 1 unspecified atom stereocenters. The standard InChI is InChI=1S/C36H34N4O6/c1-22(8-9-23-6-4-3-5-7-23)46-32-18-28(14-15-31(32)45-2)40-21-26-11-10-24(16-29(26)36(40)44)19-39-20-25-12-13-27(17-30(25)35(39)43)38-34(42)33(37)41/h3-7,10-18,22H,8-9,19-21H2,1-2H3,(H2,37,41)(H,38,42). The van der Waals surface area contributed by atoms with Crippen LogP contribution in [-0.4, -0.2) is 41.7 Å². The van der Waals surface area contributed by atoms with Gasteiger partial charge >= 0.3 is 11.8 Å². The molecule has 2 aliphatic rings. The number of carbonyl (C=O) groups excluding carboxylic acids is 4. The Morgan fingerprint density at radius 1 is 0.848 bits per heavy atom. The average Bonchev–Trinajstić information content (AvgIpc) is 3.55. The SMILES string of the molecule is COc1ccc(N2Cc3ccc(CN4Cc5ccc(NC(=O)C(N)=O)cc5C4=O)cc3C2=O)cc1OC(C)CCc1ccccc1. The summed E-state index contributed by atoms with van der Waals surface area (Å²) in [5.74, 6) is -1.22. The number of hydrogen-bond donors (Lipinski definition) is 2. The number of ether oxygens (including phenoxy) is 2. The largest absolute Gasteiger partial charge is 0.493 e. The average molecular weight is 619 g/mol. The summed E-state index contributed by atoms with van der Waals surface area (Å²) in [4.78, 5) is 53.0. The van der Waals surface area contributed by atoms with Crippen LogP contribution in [0.25, 0.3) is 0 Å². The fourth-order valence-corrected chi connectivity index (χ4v) is 5.85. The molecule has 0 spiro atoms. The number of amides is 4. The third kappa shape index (κ3) is 6.28. The lowest BCUT2D eigenvalue weighted by molar-refractivity contribution is -0.134. The Balaban J connectivity index is 1.13. The first-order valence-electron chi connectivity index (χ1n) is 15.1. The second-order valence-electron chi connectivity index (χ2n) is 11.5. The second-order valence-corrected chi connectivity index (χ2v) is 11.5. The molecule has 234 valence electrons. The van der Waals surface area contributed by atoms with Crippen molar-refractivity contribution in [2.75, 3.05) is 17.3 Å². The number of hydrogen-bond acceptors (Lipinski definition) is 6. The Hall–Kier alpha value is -5.64. The van der Waals surface area contributed by atoms with Gasteiger partial charge in [0.2, 0.25) is 0 Å². The number of nitrogens with one attached hydrogen (secondary N) is 1. The number of nitrogens with zero attached hydrogens (tertiary/aromatic N) is 2. The van der Waals surface area contributed by atoms with Crippen molar-refractivity contribution in [3.05, 3.63) is 118 Å². The van der Waals surface area contributed by atoms with Gasteiger partial charge in [-0.15, -0.1) is 0 Å². The van der Waals surface area contributed by atoms with Gasteiger partial charge in [-0.2, -0.15) is 0 Å². The van der Waals surface area contributed by atoms with Gasteiger partial charge in [-0.1, -0.05) is 48.5 Å². The topological polar surface area (TPSA) is 131 Å². The Kier molecular flexibility index (Phi) is 8.43. The molecule has 0 saturated carbocycles. The van der Waals surface area contributed by atoms with Crippen LogP contribution >= 0.6 is 0 Å². The molecule has 1 atom stereocenters. The molecule has 2 aliphatic heterocycles. The summed E-state index contributed by atoms with van der Waals surface area (Å²) in [5, 5.41) is 2.40. The Morgan fingerprint density at radius 2 is 1.59 bits per heavy atom. The number of methoxy groups -OCH3 is 1. The van der Waals surface area contributed by atoms with E-state index in [1.807, 2.05) is 61.5 Å². The van der Waals surface area contributed by atoms with E-state index in [0.717, 1.165) is 29.5 Å². The number of aryl methyl sites for hydroxylation is 1. The van der Waals surface area contributed by atoms with E-state index in [2.05, 4.69) is 17.4 Å². The van der Waals surface area contributed by atoms with Gasteiger partial charge < -0.3 is 30.3 Å². The normalized spacial score (nSPS) is 14.1. The molecular formula is C36H34N4O6. The summed E-state index contributed by atoms with van der Waals surface area (Å²) in [7, 11) is 1.60. The molecule has 0 aromatic heterocycles. The highest BCUT2D eigenvalue weighted by atomic mass is 16.5. The van der Waals surface area contributed by atoms with Crippen LogP contribution < -0.4 is 25.4 Å². The number of primary amides is 1. The van der Waals surface area contributed by atoms with Crippen LogP contribution in [0.2, 0.25) is 0 Å². The Labute approximate surface area is 266 Å². The molecule has 0 radical (unpaired) electrons. The summed E-state index contributed by atoms with van der Waals surface area (Å²) < 4.78 is 11.9. The number of nitrogens with two attached hydrogens (primary N) is 1. The van der Waals surface area contributed by atoms with E-state index < -0.39 is 11.8 Å². The maximum absolute atomic E-state index is 13.7. The van der Waals surface area contributed by atoms with Crippen LogP contribution in [0.15, 0.2) is 84.9 Å². The number of carbonyl (C=O) groups is 4. The maximum atomic E-state index is 13.7. The molecule has 4 aromatic carbocycles. The van der Waals surface area contributed by atoms with Gasteiger partial charge in [0.25, 0.3) is 11.8 Å². The van der Waals surface area contributed by atoms with Crippen molar-refractivity contribution in [2.24, 2.45) is 5.73 Å². The first-order valence-corrected chi connectivity index (χ1v) is 15.1. The minimum Gasteiger partial charge on any atom is -0.493 e. The number of benzene rings is 4. The van der Waals surface area contributed by atoms with Crippen LogP contribution in [0.1, 0.15) is 56.3 Å². The first-order chi connectivity index (χ1) is 22.2. The molecule has 46 heavy (non-hydrogen) atoms. The highest BCUT2D eigenvalue weighted by Crippen LogP contribution is 2.37. The van der Waals surface area contributed by atoms with E-state index in [0.29, 0.717) is 53.6 Å². The van der Waals surface area contributed by atoms with Crippen molar-refractivity contribution < 1.29 is 28.7 Å². The predicted molar refractivity (Wildman–Crippen MR) is 173 cm³/mol. The molecule has 0 bridgehead atoms. The monoisotopic (exact) mass is 618 g/mol. The van der Waals surface area contributed by atoms with Gasteiger partial charge in [-0.25, -0.2) is 0 Å². The zero-order chi connectivity index (χ0) is 32.4. The van der Waals surface area contributed by atoms with E-state index in [9.17, 15) is 19.2 Å². The quantitative estimate of drug-likeness (QED) is 0.245. The molecule has 10 nitrogen and oxygen atoms in total. The molecular weight excluding hydrogens is 584 g/mol. The van der Waals surface area contributed by atoms with Crippen molar-refractivity contribution in [2.45, 2.75) is 45.5 Å². The van der Waals surface area contributed by atoms with Crippen molar-refractivity contribution in [3.8, 4) is 11.5 Å².